The fraction of sp³-hybridized carbons (Fsp3) is 0.391. The minimum Gasteiger partial charge on any atom is -0.334 e. The van der Waals surface area contributed by atoms with E-state index in [2.05, 4.69) is 36.0 Å². The number of fused-ring (bicyclic) bond motifs is 1. The van der Waals surface area contributed by atoms with Gasteiger partial charge in [-0.2, -0.15) is 0 Å². The van der Waals surface area contributed by atoms with Crippen molar-refractivity contribution < 1.29 is 4.79 Å². The van der Waals surface area contributed by atoms with Crippen LogP contribution >= 0.6 is 0 Å². The van der Waals surface area contributed by atoms with Crippen LogP contribution in [0.2, 0.25) is 0 Å². The molecule has 0 spiro atoms. The molecule has 28 heavy (non-hydrogen) atoms. The van der Waals surface area contributed by atoms with Crippen LogP contribution in [0, 0.1) is 0 Å². The molecule has 5 heteroatoms. The van der Waals surface area contributed by atoms with Crippen molar-refractivity contribution in [3.05, 3.63) is 60.4 Å². The van der Waals surface area contributed by atoms with Crippen molar-refractivity contribution in [1.82, 2.24) is 19.2 Å². The van der Waals surface area contributed by atoms with Gasteiger partial charge in [0, 0.05) is 37.1 Å². The maximum absolute atomic E-state index is 13.3. The number of benzene rings is 1. The van der Waals surface area contributed by atoms with E-state index in [1.807, 2.05) is 47.1 Å². The molecule has 0 unspecified atom stereocenters. The summed E-state index contributed by atoms with van der Waals surface area (Å²) >= 11 is 0. The first-order valence-corrected chi connectivity index (χ1v) is 10.1. The molecule has 1 amide bonds. The first-order valence-electron chi connectivity index (χ1n) is 10.1. The molecular formula is C23H28N4O. The monoisotopic (exact) mass is 376 g/mol. The summed E-state index contributed by atoms with van der Waals surface area (Å²) in [5, 5.41) is 0. The van der Waals surface area contributed by atoms with Crippen LogP contribution in [0.4, 0.5) is 0 Å². The maximum Gasteiger partial charge on any atom is 0.255 e. The Bertz CT molecular complexity index is 942. The molecule has 1 aliphatic rings. The number of aromatic nitrogens is 2. The average Bonchev–Trinajstić information content (AvgIpc) is 3.38. The molecule has 0 saturated heterocycles. The number of pyridine rings is 1. The van der Waals surface area contributed by atoms with E-state index in [9.17, 15) is 4.79 Å². The molecule has 0 atom stereocenters. The number of hydrogen-bond donors (Lipinski definition) is 0. The summed E-state index contributed by atoms with van der Waals surface area (Å²) in [5.74, 6) is 0.130. The second kappa shape index (κ2) is 8.15. The van der Waals surface area contributed by atoms with Crippen LogP contribution in [-0.4, -0.2) is 58.3 Å². The highest BCUT2D eigenvalue weighted by Gasteiger charge is 2.27. The fourth-order valence-electron chi connectivity index (χ4n) is 4.01. The first-order chi connectivity index (χ1) is 13.6. The Balaban J connectivity index is 1.61. The van der Waals surface area contributed by atoms with Gasteiger partial charge >= 0.3 is 0 Å². The van der Waals surface area contributed by atoms with Gasteiger partial charge in [-0.1, -0.05) is 43.2 Å². The predicted octanol–water partition coefficient (Wildman–Crippen LogP) is 3.95. The van der Waals surface area contributed by atoms with Crippen LogP contribution in [0.1, 0.15) is 36.0 Å². The zero-order valence-electron chi connectivity index (χ0n) is 16.7. The van der Waals surface area contributed by atoms with Crippen molar-refractivity contribution in [1.29, 1.82) is 0 Å². The standard InChI is InChI=1S/C23H28N4O/c1-25(2)14-15-27(20-10-6-7-11-20)23(28)19-12-13-22-24-21(17-26(22)16-19)18-8-4-3-5-9-18/h3-5,8-9,12-13,16-17,20H,6-7,10-11,14-15H2,1-2H3. The summed E-state index contributed by atoms with van der Waals surface area (Å²) < 4.78 is 1.97. The van der Waals surface area contributed by atoms with E-state index in [1.54, 1.807) is 0 Å². The van der Waals surface area contributed by atoms with E-state index in [4.69, 9.17) is 4.98 Å². The predicted molar refractivity (Wildman–Crippen MR) is 112 cm³/mol. The number of hydrogen-bond acceptors (Lipinski definition) is 3. The van der Waals surface area contributed by atoms with Crippen LogP contribution in [-0.2, 0) is 0 Å². The second-order valence-corrected chi connectivity index (χ2v) is 7.92. The average molecular weight is 377 g/mol. The van der Waals surface area contributed by atoms with Gasteiger partial charge in [0.1, 0.15) is 5.65 Å². The van der Waals surface area contributed by atoms with Gasteiger partial charge in [0.15, 0.2) is 0 Å². The van der Waals surface area contributed by atoms with Gasteiger partial charge < -0.3 is 14.2 Å². The molecule has 146 valence electrons. The molecule has 0 aliphatic heterocycles. The van der Waals surface area contributed by atoms with Crippen LogP contribution in [0.25, 0.3) is 16.9 Å². The number of imidazole rings is 1. The number of carbonyl (C=O) groups is 1. The summed E-state index contributed by atoms with van der Waals surface area (Å²) in [6, 6.07) is 14.4. The van der Waals surface area contributed by atoms with Gasteiger partial charge in [-0.25, -0.2) is 4.98 Å². The van der Waals surface area contributed by atoms with Crippen LogP contribution < -0.4 is 0 Å². The minimum absolute atomic E-state index is 0.130. The van der Waals surface area contributed by atoms with Crippen molar-refractivity contribution in [2.45, 2.75) is 31.7 Å². The van der Waals surface area contributed by atoms with E-state index < -0.39 is 0 Å². The van der Waals surface area contributed by atoms with Gasteiger partial charge in [0.25, 0.3) is 5.91 Å². The molecule has 0 bridgehead atoms. The Hall–Kier alpha value is -2.66. The molecule has 0 N–H and O–H groups in total. The fourth-order valence-corrected chi connectivity index (χ4v) is 4.01. The molecule has 1 aliphatic carbocycles. The maximum atomic E-state index is 13.3. The highest BCUT2D eigenvalue weighted by Crippen LogP contribution is 2.25. The Labute approximate surface area is 166 Å². The van der Waals surface area contributed by atoms with Crippen molar-refractivity contribution in [2.75, 3.05) is 27.2 Å². The zero-order chi connectivity index (χ0) is 19.5. The minimum atomic E-state index is 0.130. The highest BCUT2D eigenvalue weighted by molar-refractivity contribution is 5.94. The van der Waals surface area contributed by atoms with E-state index in [-0.39, 0.29) is 5.91 Å². The molecule has 2 aromatic heterocycles. The van der Waals surface area contributed by atoms with Crippen molar-refractivity contribution in [2.24, 2.45) is 0 Å². The summed E-state index contributed by atoms with van der Waals surface area (Å²) in [5.41, 5.74) is 3.59. The molecular weight excluding hydrogens is 348 g/mol. The van der Waals surface area contributed by atoms with Gasteiger partial charge in [0.2, 0.25) is 0 Å². The lowest BCUT2D eigenvalue weighted by Crippen LogP contribution is -2.42. The van der Waals surface area contributed by atoms with Crippen molar-refractivity contribution in [3.63, 3.8) is 0 Å². The van der Waals surface area contributed by atoms with E-state index in [1.165, 1.54) is 12.8 Å². The molecule has 0 radical (unpaired) electrons. The Morgan fingerprint density at radius 2 is 1.79 bits per heavy atom. The van der Waals surface area contributed by atoms with E-state index in [0.717, 1.165) is 48.4 Å². The van der Waals surface area contributed by atoms with Gasteiger partial charge in [-0.05, 0) is 39.1 Å². The Morgan fingerprint density at radius 1 is 1.04 bits per heavy atom. The normalized spacial score (nSPS) is 14.8. The number of likely N-dealkylation sites (N-methyl/N-ethyl adjacent to an activating group) is 1. The molecule has 3 aromatic rings. The number of amides is 1. The van der Waals surface area contributed by atoms with Gasteiger partial charge in [-0.15, -0.1) is 0 Å². The van der Waals surface area contributed by atoms with Crippen LogP contribution in [0.15, 0.2) is 54.9 Å². The number of carbonyl (C=O) groups excluding carboxylic acids is 1. The lowest BCUT2D eigenvalue weighted by atomic mass is 10.1. The largest absolute Gasteiger partial charge is 0.334 e. The summed E-state index contributed by atoms with van der Waals surface area (Å²) in [6.45, 7) is 1.65. The SMILES string of the molecule is CN(C)CCN(C(=O)c1ccc2nc(-c3ccccc3)cn2c1)C1CCCC1. The van der Waals surface area contributed by atoms with Crippen LogP contribution in [0.3, 0.4) is 0 Å². The summed E-state index contributed by atoms with van der Waals surface area (Å²) in [7, 11) is 4.11. The molecule has 2 heterocycles. The first kappa shape index (κ1) is 18.7. The lowest BCUT2D eigenvalue weighted by molar-refractivity contribution is 0.0667. The van der Waals surface area contributed by atoms with Gasteiger partial charge in [0.05, 0.1) is 11.3 Å². The second-order valence-electron chi connectivity index (χ2n) is 7.92. The quantitative estimate of drug-likeness (QED) is 0.654. The Morgan fingerprint density at radius 3 is 2.50 bits per heavy atom. The highest BCUT2D eigenvalue weighted by atomic mass is 16.2. The third-order valence-electron chi connectivity index (χ3n) is 5.58. The third kappa shape index (κ3) is 3.94. The van der Waals surface area contributed by atoms with Crippen molar-refractivity contribution in [3.8, 4) is 11.3 Å². The smallest absolute Gasteiger partial charge is 0.255 e. The van der Waals surface area contributed by atoms with Crippen molar-refractivity contribution >= 4 is 11.6 Å². The van der Waals surface area contributed by atoms with E-state index >= 15 is 0 Å². The zero-order valence-corrected chi connectivity index (χ0v) is 16.7. The van der Waals surface area contributed by atoms with Gasteiger partial charge in [-0.3, -0.25) is 4.79 Å². The topological polar surface area (TPSA) is 40.8 Å². The Kier molecular flexibility index (Phi) is 5.44. The molecule has 1 fully saturated rings. The lowest BCUT2D eigenvalue weighted by Gasteiger charge is -2.30. The summed E-state index contributed by atoms with van der Waals surface area (Å²) in [6.07, 6.45) is 8.60. The van der Waals surface area contributed by atoms with Crippen LogP contribution in [0.5, 0.6) is 0 Å². The summed E-state index contributed by atoms with van der Waals surface area (Å²) in [4.78, 5) is 22.3. The molecule has 1 aromatic carbocycles. The number of nitrogens with zero attached hydrogens (tertiary/aromatic N) is 4. The third-order valence-corrected chi connectivity index (χ3v) is 5.58. The van der Waals surface area contributed by atoms with E-state index in [0.29, 0.717) is 6.04 Å². The number of rotatable bonds is 6. The molecule has 4 rings (SSSR count). The molecule has 1 saturated carbocycles. The molecule has 5 nitrogen and oxygen atoms in total.